The van der Waals surface area contributed by atoms with Crippen LogP contribution in [0.5, 0.6) is 11.5 Å². The van der Waals surface area contributed by atoms with Crippen LogP contribution in [0.15, 0.2) is 42.5 Å². The molecule has 152 valence electrons. The minimum absolute atomic E-state index is 0.556. The lowest BCUT2D eigenvalue weighted by Gasteiger charge is -2.22. The molecular weight excluding hydrogens is 346 g/mol. The number of nitrogens with one attached hydrogen (secondary N) is 1. The SMILES string of the molecule is CCOc1cccc(CNC2CCCCCCC2)c1OCc1ccc(C)cc1. The maximum Gasteiger partial charge on any atom is 0.166 e. The summed E-state index contributed by atoms with van der Waals surface area (Å²) in [5.41, 5.74) is 3.62. The Morgan fingerprint density at radius 2 is 1.61 bits per heavy atom. The molecule has 1 aliphatic carbocycles. The van der Waals surface area contributed by atoms with Gasteiger partial charge in [0.1, 0.15) is 6.61 Å². The van der Waals surface area contributed by atoms with Gasteiger partial charge in [-0.15, -0.1) is 0 Å². The van der Waals surface area contributed by atoms with E-state index in [2.05, 4.69) is 48.6 Å². The van der Waals surface area contributed by atoms with Gasteiger partial charge in [0, 0.05) is 18.2 Å². The Hall–Kier alpha value is -2.00. The molecule has 2 aromatic carbocycles. The molecule has 0 unspecified atom stereocenters. The molecule has 0 bridgehead atoms. The van der Waals surface area contributed by atoms with Crippen molar-refractivity contribution < 1.29 is 9.47 Å². The van der Waals surface area contributed by atoms with Crippen LogP contribution in [0.1, 0.15) is 68.6 Å². The van der Waals surface area contributed by atoms with Gasteiger partial charge in [-0.25, -0.2) is 0 Å². The number of hydrogen-bond acceptors (Lipinski definition) is 3. The quantitative estimate of drug-likeness (QED) is 0.592. The van der Waals surface area contributed by atoms with Gasteiger partial charge in [0.15, 0.2) is 11.5 Å². The lowest BCUT2D eigenvalue weighted by Crippen LogP contribution is -2.29. The maximum absolute atomic E-state index is 6.27. The lowest BCUT2D eigenvalue weighted by molar-refractivity contribution is 0.265. The summed E-state index contributed by atoms with van der Waals surface area (Å²) in [5, 5.41) is 3.79. The number of ether oxygens (including phenoxy) is 2. The van der Waals surface area contributed by atoms with Crippen molar-refractivity contribution >= 4 is 0 Å². The Balaban J connectivity index is 1.68. The van der Waals surface area contributed by atoms with Gasteiger partial charge in [-0.2, -0.15) is 0 Å². The molecule has 3 nitrogen and oxygen atoms in total. The van der Waals surface area contributed by atoms with Crippen molar-refractivity contribution in [2.75, 3.05) is 6.61 Å². The van der Waals surface area contributed by atoms with Gasteiger partial charge >= 0.3 is 0 Å². The summed E-state index contributed by atoms with van der Waals surface area (Å²) in [7, 11) is 0. The first-order valence-electron chi connectivity index (χ1n) is 10.9. The van der Waals surface area contributed by atoms with Crippen LogP contribution in [-0.2, 0) is 13.2 Å². The van der Waals surface area contributed by atoms with Crippen LogP contribution in [0.4, 0.5) is 0 Å². The minimum Gasteiger partial charge on any atom is -0.490 e. The van der Waals surface area contributed by atoms with E-state index in [4.69, 9.17) is 9.47 Å². The normalized spacial score (nSPS) is 15.6. The summed E-state index contributed by atoms with van der Waals surface area (Å²) in [6.45, 7) is 6.15. The maximum atomic E-state index is 6.27. The average Bonchev–Trinajstić information content (AvgIpc) is 2.68. The molecule has 0 aliphatic heterocycles. The Morgan fingerprint density at radius 3 is 2.32 bits per heavy atom. The summed E-state index contributed by atoms with van der Waals surface area (Å²) in [6.07, 6.45) is 9.40. The monoisotopic (exact) mass is 381 g/mol. The molecular formula is C25H35NO2. The van der Waals surface area contributed by atoms with E-state index in [-0.39, 0.29) is 0 Å². The fraction of sp³-hybridized carbons (Fsp3) is 0.520. The van der Waals surface area contributed by atoms with E-state index < -0.39 is 0 Å². The largest absolute Gasteiger partial charge is 0.490 e. The van der Waals surface area contributed by atoms with Crippen molar-refractivity contribution in [2.24, 2.45) is 0 Å². The van der Waals surface area contributed by atoms with Crippen molar-refractivity contribution in [3.05, 3.63) is 59.2 Å². The average molecular weight is 382 g/mol. The predicted octanol–water partition coefficient (Wildman–Crippen LogP) is 6.18. The Morgan fingerprint density at radius 1 is 0.893 bits per heavy atom. The summed E-state index contributed by atoms with van der Waals surface area (Å²) in [6, 6.07) is 15.4. The highest BCUT2D eigenvalue weighted by molar-refractivity contribution is 5.47. The Labute approximate surface area is 170 Å². The molecule has 1 fully saturated rings. The Bertz CT molecular complexity index is 703. The van der Waals surface area contributed by atoms with Crippen LogP contribution >= 0.6 is 0 Å². The second kappa shape index (κ2) is 11.1. The molecule has 0 atom stereocenters. The second-order valence-electron chi connectivity index (χ2n) is 7.87. The fourth-order valence-electron chi connectivity index (χ4n) is 3.89. The van der Waals surface area contributed by atoms with Crippen molar-refractivity contribution in [3.8, 4) is 11.5 Å². The van der Waals surface area contributed by atoms with E-state index in [1.54, 1.807) is 0 Å². The van der Waals surface area contributed by atoms with Crippen molar-refractivity contribution in [2.45, 2.75) is 78.0 Å². The van der Waals surface area contributed by atoms with Gasteiger partial charge in [0.2, 0.25) is 0 Å². The van der Waals surface area contributed by atoms with Crippen LogP contribution in [0.2, 0.25) is 0 Å². The zero-order valence-electron chi connectivity index (χ0n) is 17.5. The summed E-state index contributed by atoms with van der Waals surface area (Å²) >= 11 is 0. The van der Waals surface area contributed by atoms with Crippen molar-refractivity contribution in [3.63, 3.8) is 0 Å². The summed E-state index contributed by atoms with van der Waals surface area (Å²) < 4.78 is 12.1. The van der Waals surface area contributed by atoms with Crippen molar-refractivity contribution in [1.82, 2.24) is 5.32 Å². The third-order valence-corrected chi connectivity index (χ3v) is 5.55. The molecule has 2 aromatic rings. The molecule has 3 heteroatoms. The molecule has 28 heavy (non-hydrogen) atoms. The van der Waals surface area contributed by atoms with Crippen LogP contribution in [0.3, 0.4) is 0 Å². The van der Waals surface area contributed by atoms with Gasteiger partial charge in [0.05, 0.1) is 6.61 Å². The number of para-hydroxylation sites is 1. The van der Waals surface area contributed by atoms with Gasteiger partial charge in [-0.05, 0) is 38.3 Å². The van der Waals surface area contributed by atoms with E-state index in [9.17, 15) is 0 Å². The highest BCUT2D eigenvalue weighted by atomic mass is 16.5. The molecule has 0 radical (unpaired) electrons. The smallest absolute Gasteiger partial charge is 0.166 e. The Kier molecular flexibility index (Phi) is 8.23. The lowest BCUT2D eigenvalue weighted by atomic mass is 9.96. The first kappa shape index (κ1) is 20.7. The molecule has 0 aromatic heterocycles. The second-order valence-corrected chi connectivity index (χ2v) is 7.87. The van der Waals surface area contributed by atoms with E-state index in [1.165, 1.54) is 61.6 Å². The fourth-order valence-corrected chi connectivity index (χ4v) is 3.89. The van der Waals surface area contributed by atoms with Gasteiger partial charge in [0.25, 0.3) is 0 Å². The summed E-state index contributed by atoms with van der Waals surface area (Å²) in [4.78, 5) is 0. The number of rotatable bonds is 8. The molecule has 0 amide bonds. The third kappa shape index (κ3) is 6.27. The summed E-state index contributed by atoms with van der Waals surface area (Å²) in [5.74, 6) is 1.72. The number of benzene rings is 2. The van der Waals surface area contributed by atoms with E-state index in [0.29, 0.717) is 19.3 Å². The van der Waals surface area contributed by atoms with Crippen LogP contribution < -0.4 is 14.8 Å². The van der Waals surface area contributed by atoms with E-state index in [0.717, 1.165) is 18.0 Å². The number of aryl methyl sites for hydroxylation is 1. The van der Waals surface area contributed by atoms with Crippen LogP contribution in [0, 0.1) is 6.92 Å². The standard InChI is InChI=1S/C25H35NO2/c1-3-27-24-13-9-10-22(18-26-23-11-7-5-4-6-8-12-23)25(24)28-19-21-16-14-20(2)15-17-21/h9-10,13-17,23,26H,3-8,11-12,18-19H2,1-2H3. The topological polar surface area (TPSA) is 30.5 Å². The minimum atomic E-state index is 0.556. The molecule has 0 spiro atoms. The van der Waals surface area contributed by atoms with Crippen molar-refractivity contribution in [1.29, 1.82) is 0 Å². The molecule has 0 saturated heterocycles. The predicted molar refractivity (Wildman–Crippen MR) is 116 cm³/mol. The van der Waals surface area contributed by atoms with Crippen LogP contribution in [0.25, 0.3) is 0 Å². The van der Waals surface area contributed by atoms with Crippen LogP contribution in [-0.4, -0.2) is 12.6 Å². The molecule has 1 N–H and O–H groups in total. The zero-order valence-corrected chi connectivity index (χ0v) is 17.5. The molecule has 0 heterocycles. The van der Waals surface area contributed by atoms with Gasteiger partial charge in [-0.1, -0.05) is 74.1 Å². The van der Waals surface area contributed by atoms with Gasteiger partial charge < -0.3 is 14.8 Å². The third-order valence-electron chi connectivity index (χ3n) is 5.55. The molecule has 3 rings (SSSR count). The molecule has 1 saturated carbocycles. The van der Waals surface area contributed by atoms with Gasteiger partial charge in [-0.3, -0.25) is 0 Å². The molecule has 1 aliphatic rings. The van der Waals surface area contributed by atoms with E-state index in [1.807, 2.05) is 13.0 Å². The highest BCUT2D eigenvalue weighted by Crippen LogP contribution is 2.32. The number of hydrogen-bond donors (Lipinski definition) is 1. The first-order valence-corrected chi connectivity index (χ1v) is 10.9. The highest BCUT2D eigenvalue weighted by Gasteiger charge is 2.15. The van der Waals surface area contributed by atoms with E-state index >= 15 is 0 Å². The first-order chi connectivity index (χ1) is 13.8. The zero-order chi connectivity index (χ0) is 19.6.